The molecule has 4 heteroatoms. The lowest BCUT2D eigenvalue weighted by molar-refractivity contribution is -0.129. The molecule has 2 nitrogen and oxygen atoms in total. The van der Waals surface area contributed by atoms with Crippen molar-refractivity contribution in [3.63, 3.8) is 0 Å². The van der Waals surface area contributed by atoms with E-state index in [0.717, 1.165) is 5.56 Å². The first-order valence-corrected chi connectivity index (χ1v) is 3.99. The fourth-order valence-corrected chi connectivity index (χ4v) is 1.08. The van der Waals surface area contributed by atoms with E-state index in [0.29, 0.717) is 16.5 Å². The van der Waals surface area contributed by atoms with E-state index >= 15 is 0 Å². The Morgan fingerprint density at radius 1 is 1.33 bits per heavy atom. The monoisotopic (exact) mass is 204 g/mol. The summed E-state index contributed by atoms with van der Waals surface area (Å²) in [5.41, 5.74) is 0.816. The molecule has 0 radical (unpaired) electrons. The van der Waals surface area contributed by atoms with Crippen LogP contribution in [0.15, 0.2) is 18.2 Å². The molecule has 1 rings (SSSR count). The Kier molecular flexibility index (Phi) is 3.38. The summed E-state index contributed by atoms with van der Waals surface area (Å²) in [7, 11) is 0. The standard InChI is InChI=1S/C8H6Cl2O2/c9-7-2-1-6(3-8(7)10)4-12-5-11/h1-3,5H,4H2. The molecule has 0 atom stereocenters. The van der Waals surface area contributed by atoms with Crippen molar-refractivity contribution in [2.75, 3.05) is 0 Å². The molecule has 0 saturated carbocycles. The number of benzene rings is 1. The van der Waals surface area contributed by atoms with E-state index in [4.69, 9.17) is 23.2 Å². The van der Waals surface area contributed by atoms with Crippen molar-refractivity contribution in [1.29, 1.82) is 0 Å². The molecular weight excluding hydrogens is 199 g/mol. The van der Waals surface area contributed by atoms with E-state index in [2.05, 4.69) is 4.74 Å². The van der Waals surface area contributed by atoms with Crippen LogP contribution in [0.2, 0.25) is 10.0 Å². The van der Waals surface area contributed by atoms with Gasteiger partial charge in [0.1, 0.15) is 6.61 Å². The fraction of sp³-hybridized carbons (Fsp3) is 0.125. The molecule has 0 saturated heterocycles. The van der Waals surface area contributed by atoms with Crippen LogP contribution in [-0.4, -0.2) is 6.47 Å². The summed E-state index contributed by atoms with van der Waals surface area (Å²) in [5, 5.41) is 0.954. The van der Waals surface area contributed by atoms with Gasteiger partial charge in [-0.15, -0.1) is 0 Å². The van der Waals surface area contributed by atoms with Gasteiger partial charge in [-0.25, -0.2) is 0 Å². The topological polar surface area (TPSA) is 26.3 Å². The molecule has 0 heterocycles. The molecule has 0 aromatic heterocycles. The van der Waals surface area contributed by atoms with Crippen molar-refractivity contribution in [3.8, 4) is 0 Å². The second-order valence-corrected chi connectivity index (χ2v) is 2.97. The van der Waals surface area contributed by atoms with Crippen molar-refractivity contribution in [1.82, 2.24) is 0 Å². The van der Waals surface area contributed by atoms with Crippen molar-refractivity contribution in [3.05, 3.63) is 33.8 Å². The maximum Gasteiger partial charge on any atom is 0.293 e. The number of hydrogen-bond donors (Lipinski definition) is 0. The smallest absolute Gasteiger partial charge is 0.293 e. The number of halogens is 2. The van der Waals surface area contributed by atoms with Crippen LogP contribution in [0.5, 0.6) is 0 Å². The van der Waals surface area contributed by atoms with Crippen LogP contribution < -0.4 is 0 Å². The van der Waals surface area contributed by atoms with Crippen molar-refractivity contribution < 1.29 is 9.53 Å². The normalized spacial score (nSPS) is 9.50. The Labute approximate surface area is 80.0 Å². The molecule has 0 bridgehead atoms. The summed E-state index contributed by atoms with van der Waals surface area (Å²) in [4.78, 5) is 9.85. The van der Waals surface area contributed by atoms with Crippen LogP contribution in [0, 0.1) is 0 Å². The Hall–Kier alpha value is -0.730. The van der Waals surface area contributed by atoms with Gasteiger partial charge in [-0.3, -0.25) is 4.79 Å². The van der Waals surface area contributed by atoms with Gasteiger partial charge in [0.05, 0.1) is 10.0 Å². The first-order valence-electron chi connectivity index (χ1n) is 3.23. The second-order valence-electron chi connectivity index (χ2n) is 2.16. The summed E-state index contributed by atoms with van der Waals surface area (Å²) in [5.74, 6) is 0. The minimum atomic E-state index is 0.223. The Bertz CT molecular complexity index is 286. The van der Waals surface area contributed by atoms with Gasteiger partial charge in [0, 0.05) is 0 Å². The maximum absolute atomic E-state index is 9.85. The molecule has 0 N–H and O–H groups in total. The Balaban J connectivity index is 2.75. The van der Waals surface area contributed by atoms with Crippen LogP contribution >= 0.6 is 23.2 Å². The zero-order valence-corrected chi connectivity index (χ0v) is 7.60. The van der Waals surface area contributed by atoms with Crippen molar-refractivity contribution in [2.24, 2.45) is 0 Å². The highest BCUT2D eigenvalue weighted by molar-refractivity contribution is 6.41. The first kappa shape index (κ1) is 9.36. The third-order valence-corrected chi connectivity index (χ3v) is 2.04. The molecule has 0 aliphatic rings. The average Bonchev–Trinajstić information content (AvgIpc) is 2.07. The summed E-state index contributed by atoms with van der Waals surface area (Å²) in [6, 6.07) is 5.07. The van der Waals surface area contributed by atoms with Gasteiger partial charge in [-0.05, 0) is 17.7 Å². The van der Waals surface area contributed by atoms with Crippen molar-refractivity contribution in [2.45, 2.75) is 6.61 Å². The molecular formula is C8H6Cl2O2. The minimum absolute atomic E-state index is 0.223. The maximum atomic E-state index is 9.85. The molecule has 0 spiro atoms. The SMILES string of the molecule is O=COCc1ccc(Cl)c(Cl)c1. The lowest BCUT2D eigenvalue weighted by Crippen LogP contribution is -1.89. The van der Waals surface area contributed by atoms with Crippen LogP contribution in [0.1, 0.15) is 5.56 Å². The number of carbonyl (C=O) groups excluding carboxylic acids is 1. The van der Waals surface area contributed by atoms with E-state index in [1.54, 1.807) is 18.2 Å². The van der Waals surface area contributed by atoms with E-state index in [9.17, 15) is 4.79 Å². The van der Waals surface area contributed by atoms with E-state index in [-0.39, 0.29) is 6.61 Å². The lowest BCUT2D eigenvalue weighted by atomic mass is 10.2. The number of rotatable bonds is 3. The van der Waals surface area contributed by atoms with E-state index in [1.807, 2.05) is 0 Å². The zero-order valence-electron chi connectivity index (χ0n) is 6.09. The first-order chi connectivity index (χ1) is 5.74. The van der Waals surface area contributed by atoms with Gasteiger partial charge in [0.25, 0.3) is 6.47 Å². The van der Waals surface area contributed by atoms with Crippen LogP contribution in [-0.2, 0) is 16.1 Å². The molecule has 0 aliphatic heterocycles. The van der Waals surface area contributed by atoms with Gasteiger partial charge in [-0.2, -0.15) is 0 Å². The second kappa shape index (κ2) is 4.33. The minimum Gasteiger partial charge on any atom is -0.463 e. The number of carbonyl (C=O) groups is 1. The van der Waals surface area contributed by atoms with Gasteiger partial charge >= 0.3 is 0 Å². The van der Waals surface area contributed by atoms with Gasteiger partial charge in [-0.1, -0.05) is 29.3 Å². The van der Waals surface area contributed by atoms with Gasteiger partial charge in [0.15, 0.2) is 0 Å². The third-order valence-electron chi connectivity index (χ3n) is 1.30. The highest BCUT2D eigenvalue weighted by Gasteiger charge is 1.98. The van der Waals surface area contributed by atoms with Crippen LogP contribution in [0.4, 0.5) is 0 Å². The van der Waals surface area contributed by atoms with E-state index < -0.39 is 0 Å². The summed E-state index contributed by atoms with van der Waals surface area (Å²) < 4.78 is 4.53. The molecule has 0 unspecified atom stereocenters. The molecule has 1 aromatic rings. The molecule has 64 valence electrons. The summed E-state index contributed by atoms with van der Waals surface area (Å²) in [6.07, 6.45) is 0. The Morgan fingerprint density at radius 2 is 2.08 bits per heavy atom. The van der Waals surface area contributed by atoms with Gasteiger partial charge in [0.2, 0.25) is 0 Å². The third kappa shape index (κ3) is 2.40. The molecule has 12 heavy (non-hydrogen) atoms. The predicted octanol–water partition coefficient (Wildman–Crippen LogP) is 2.67. The largest absolute Gasteiger partial charge is 0.463 e. The predicted molar refractivity (Wildman–Crippen MR) is 47.3 cm³/mol. The molecule has 1 aromatic carbocycles. The molecule has 0 aliphatic carbocycles. The van der Waals surface area contributed by atoms with E-state index in [1.165, 1.54) is 0 Å². The summed E-state index contributed by atoms with van der Waals surface area (Å²) in [6.45, 7) is 0.614. The fourth-order valence-electron chi connectivity index (χ4n) is 0.760. The summed E-state index contributed by atoms with van der Waals surface area (Å²) >= 11 is 11.4. The van der Waals surface area contributed by atoms with Crippen LogP contribution in [0.3, 0.4) is 0 Å². The molecule has 0 amide bonds. The van der Waals surface area contributed by atoms with Crippen LogP contribution in [0.25, 0.3) is 0 Å². The highest BCUT2D eigenvalue weighted by Crippen LogP contribution is 2.22. The lowest BCUT2D eigenvalue weighted by Gasteiger charge is -2.00. The van der Waals surface area contributed by atoms with Crippen molar-refractivity contribution >= 4 is 29.7 Å². The Morgan fingerprint density at radius 3 is 2.67 bits per heavy atom. The average molecular weight is 205 g/mol. The highest BCUT2D eigenvalue weighted by atomic mass is 35.5. The zero-order chi connectivity index (χ0) is 8.97. The van der Waals surface area contributed by atoms with Gasteiger partial charge < -0.3 is 4.74 Å². The number of hydrogen-bond acceptors (Lipinski definition) is 2. The molecule has 0 fully saturated rings. The number of ether oxygens (including phenoxy) is 1. The quantitative estimate of drug-likeness (QED) is 0.709.